The minimum absolute atomic E-state index is 0.402. The van der Waals surface area contributed by atoms with Crippen LogP contribution in [0.2, 0.25) is 0 Å². The van der Waals surface area contributed by atoms with Crippen molar-refractivity contribution in [2.45, 2.75) is 33.1 Å². The van der Waals surface area contributed by atoms with Gasteiger partial charge >= 0.3 is 0 Å². The third kappa shape index (κ3) is 3.90. The molecule has 0 radical (unpaired) electrons. The van der Waals surface area contributed by atoms with Crippen molar-refractivity contribution in [1.29, 1.82) is 0 Å². The molecular weight excluding hydrogens is 276 g/mol. The minimum atomic E-state index is 0.402. The summed E-state index contributed by atoms with van der Waals surface area (Å²) in [6.45, 7) is 6.43. The summed E-state index contributed by atoms with van der Waals surface area (Å²) in [7, 11) is 0. The number of benzene rings is 3. The van der Waals surface area contributed by atoms with Crippen molar-refractivity contribution in [2.75, 3.05) is 0 Å². The molecule has 0 atom stereocenters. The monoisotopic (exact) mass is 300 g/mol. The van der Waals surface area contributed by atoms with E-state index in [0.29, 0.717) is 5.92 Å². The van der Waals surface area contributed by atoms with Gasteiger partial charge < -0.3 is 0 Å². The first kappa shape index (κ1) is 15.6. The molecule has 0 aliphatic carbocycles. The lowest BCUT2D eigenvalue weighted by molar-refractivity contribution is 0.804. The van der Waals surface area contributed by atoms with Gasteiger partial charge in [0.05, 0.1) is 0 Å². The average molecular weight is 300 g/mol. The Balaban J connectivity index is 1.97. The summed E-state index contributed by atoms with van der Waals surface area (Å²) in [5, 5.41) is 0. The topological polar surface area (TPSA) is 0 Å². The molecule has 0 aliphatic heterocycles. The SMILES string of the molecule is Cc1ccc(CC(c2ccc(C)cc2)c2ccc(C)cc2)cc1. The van der Waals surface area contributed by atoms with E-state index in [2.05, 4.69) is 93.6 Å². The lowest BCUT2D eigenvalue weighted by atomic mass is 9.85. The molecule has 0 amide bonds. The van der Waals surface area contributed by atoms with Gasteiger partial charge in [-0.2, -0.15) is 0 Å². The highest BCUT2D eigenvalue weighted by molar-refractivity contribution is 5.37. The molecule has 0 fully saturated rings. The van der Waals surface area contributed by atoms with Gasteiger partial charge in [-0.3, -0.25) is 0 Å². The molecule has 0 saturated heterocycles. The smallest absolute Gasteiger partial charge is 0.0130 e. The van der Waals surface area contributed by atoms with Gasteiger partial charge in [-0.15, -0.1) is 0 Å². The van der Waals surface area contributed by atoms with Crippen LogP contribution < -0.4 is 0 Å². The van der Waals surface area contributed by atoms with Crippen LogP contribution in [0.3, 0.4) is 0 Å². The van der Waals surface area contributed by atoms with E-state index in [0.717, 1.165) is 6.42 Å². The number of aryl methyl sites for hydroxylation is 3. The zero-order valence-electron chi connectivity index (χ0n) is 14.2. The highest BCUT2D eigenvalue weighted by Crippen LogP contribution is 2.29. The van der Waals surface area contributed by atoms with Gasteiger partial charge in [0.15, 0.2) is 0 Å². The van der Waals surface area contributed by atoms with Crippen LogP contribution in [0.1, 0.15) is 39.3 Å². The summed E-state index contributed by atoms with van der Waals surface area (Å²) in [4.78, 5) is 0. The predicted molar refractivity (Wildman–Crippen MR) is 99.1 cm³/mol. The van der Waals surface area contributed by atoms with Gasteiger partial charge in [0.25, 0.3) is 0 Å². The van der Waals surface area contributed by atoms with Crippen molar-refractivity contribution in [3.05, 3.63) is 106 Å². The lowest BCUT2D eigenvalue weighted by Gasteiger charge is -2.19. The fourth-order valence-electron chi connectivity index (χ4n) is 2.99. The van der Waals surface area contributed by atoms with E-state index >= 15 is 0 Å². The van der Waals surface area contributed by atoms with E-state index in [1.807, 2.05) is 0 Å². The summed E-state index contributed by atoms with van der Waals surface area (Å²) < 4.78 is 0. The summed E-state index contributed by atoms with van der Waals surface area (Å²) in [6, 6.07) is 26.9. The van der Waals surface area contributed by atoms with E-state index in [9.17, 15) is 0 Å². The van der Waals surface area contributed by atoms with Gasteiger partial charge in [0.1, 0.15) is 0 Å². The summed E-state index contributed by atoms with van der Waals surface area (Å²) in [6.07, 6.45) is 1.03. The molecule has 0 aliphatic rings. The fraction of sp³-hybridized carbons (Fsp3) is 0.217. The second-order valence-electron chi connectivity index (χ2n) is 6.56. The van der Waals surface area contributed by atoms with E-state index in [4.69, 9.17) is 0 Å². The molecule has 0 N–H and O–H groups in total. The molecule has 0 heterocycles. The Bertz CT molecular complexity index is 701. The molecule has 0 spiro atoms. The van der Waals surface area contributed by atoms with Crippen LogP contribution in [0.5, 0.6) is 0 Å². The van der Waals surface area contributed by atoms with E-state index in [-0.39, 0.29) is 0 Å². The van der Waals surface area contributed by atoms with Crippen molar-refractivity contribution in [2.24, 2.45) is 0 Å². The Hall–Kier alpha value is -2.34. The number of hydrogen-bond donors (Lipinski definition) is 0. The Morgan fingerprint density at radius 3 is 1.26 bits per heavy atom. The third-order valence-corrected chi connectivity index (χ3v) is 4.52. The molecule has 3 rings (SSSR count). The highest BCUT2D eigenvalue weighted by Gasteiger charge is 2.15. The molecular formula is C23H24. The van der Waals surface area contributed by atoms with E-state index in [1.54, 1.807) is 0 Å². The molecule has 0 nitrogen and oxygen atoms in total. The minimum Gasteiger partial charge on any atom is -0.0591 e. The van der Waals surface area contributed by atoms with Crippen LogP contribution in [0, 0.1) is 20.8 Å². The summed E-state index contributed by atoms with van der Waals surface area (Å²) in [5.74, 6) is 0.402. The Labute approximate surface area is 139 Å². The lowest BCUT2D eigenvalue weighted by Crippen LogP contribution is -2.05. The molecule has 0 saturated carbocycles. The summed E-state index contributed by atoms with van der Waals surface area (Å²) in [5.41, 5.74) is 8.11. The maximum absolute atomic E-state index is 2.27. The predicted octanol–water partition coefficient (Wildman–Crippen LogP) is 5.99. The second-order valence-corrected chi connectivity index (χ2v) is 6.56. The quantitative estimate of drug-likeness (QED) is 0.555. The molecule has 0 unspecified atom stereocenters. The molecule has 116 valence electrons. The van der Waals surface area contributed by atoms with E-state index < -0.39 is 0 Å². The number of rotatable bonds is 4. The van der Waals surface area contributed by atoms with Crippen molar-refractivity contribution >= 4 is 0 Å². The van der Waals surface area contributed by atoms with Gasteiger partial charge in [0.2, 0.25) is 0 Å². The molecule has 3 aromatic carbocycles. The van der Waals surface area contributed by atoms with Crippen LogP contribution in [0.25, 0.3) is 0 Å². The van der Waals surface area contributed by atoms with Gasteiger partial charge in [-0.25, -0.2) is 0 Å². The van der Waals surface area contributed by atoms with Crippen LogP contribution in [0.15, 0.2) is 72.8 Å². The third-order valence-electron chi connectivity index (χ3n) is 4.52. The Kier molecular flexibility index (Phi) is 4.62. The summed E-state index contributed by atoms with van der Waals surface area (Å²) >= 11 is 0. The first-order valence-corrected chi connectivity index (χ1v) is 8.30. The fourth-order valence-corrected chi connectivity index (χ4v) is 2.99. The van der Waals surface area contributed by atoms with Crippen molar-refractivity contribution in [1.82, 2.24) is 0 Å². The standard InChI is InChI=1S/C23H24/c1-17-4-10-20(11-5-17)16-23(21-12-6-18(2)7-13-21)22-14-8-19(3)9-15-22/h4-15,23H,16H2,1-3H3. The average Bonchev–Trinajstić information content (AvgIpc) is 2.56. The second kappa shape index (κ2) is 6.83. The van der Waals surface area contributed by atoms with Gasteiger partial charge in [-0.1, -0.05) is 89.5 Å². The maximum Gasteiger partial charge on any atom is 0.0130 e. The van der Waals surface area contributed by atoms with Gasteiger partial charge in [-0.05, 0) is 43.9 Å². The van der Waals surface area contributed by atoms with Crippen molar-refractivity contribution in [3.8, 4) is 0 Å². The maximum atomic E-state index is 2.27. The molecule has 0 bridgehead atoms. The van der Waals surface area contributed by atoms with Gasteiger partial charge in [0, 0.05) is 5.92 Å². The zero-order chi connectivity index (χ0) is 16.2. The Morgan fingerprint density at radius 2 is 0.870 bits per heavy atom. The van der Waals surface area contributed by atoms with E-state index in [1.165, 1.54) is 33.4 Å². The molecule has 3 aromatic rings. The largest absolute Gasteiger partial charge is 0.0591 e. The zero-order valence-corrected chi connectivity index (χ0v) is 14.2. The van der Waals surface area contributed by atoms with Crippen molar-refractivity contribution < 1.29 is 0 Å². The van der Waals surface area contributed by atoms with Crippen LogP contribution in [0.4, 0.5) is 0 Å². The van der Waals surface area contributed by atoms with Crippen molar-refractivity contribution in [3.63, 3.8) is 0 Å². The first-order chi connectivity index (χ1) is 11.1. The molecule has 0 aromatic heterocycles. The molecule has 23 heavy (non-hydrogen) atoms. The van der Waals surface area contributed by atoms with Crippen LogP contribution in [-0.2, 0) is 6.42 Å². The molecule has 0 heteroatoms. The first-order valence-electron chi connectivity index (χ1n) is 8.30. The van der Waals surface area contributed by atoms with Crippen LogP contribution in [-0.4, -0.2) is 0 Å². The normalized spacial score (nSPS) is 11.0. The highest BCUT2D eigenvalue weighted by atomic mass is 14.2. The number of hydrogen-bond acceptors (Lipinski definition) is 0. The Morgan fingerprint density at radius 1 is 0.522 bits per heavy atom. The van der Waals surface area contributed by atoms with Crippen LogP contribution >= 0.6 is 0 Å².